The first-order valence-electron chi connectivity index (χ1n) is 7.80. The largest absolute Gasteiger partial charge is 0.497 e. The first kappa shape index (κ1) is 15.1. The van der Waals surface area contributed by atoms with Crippen LogP contribution in [-0.4, -0.2) is 18.0 Å². The smallest absolute Gasteiger partial charge is 0.268 e. The molecule has 1 aromatic carbocycles. The molecule has 6 heteroatoms. The van der Waals surface area contributed by atoms with Crippen molar-refractivity contribution in [1.82, 2.24) is 10.3 Å². The molecule has 0 saturated heterocycles. The molecule has 2 N–H and O–H groups in total. The third-order valence-corrected chi connectivity index (χ3v) is 3.92. The van der Waals surface area contributed by atoms with E-state index >= 15 is 0 Å². The average Bonchev–Trinajstić information content (AvgIpc) is 3.38. The molecule has 0 atom stereocenters. The number of carbonyl (C=O) groups excluding carboxylic acids is 1. The Balaban J connectivity index is 1.45. The number of hydrogen-bond acceptors (Lipinski definition) is 4. The van der Waals surface area contributed by atoms with Crippen molar-refractivity contribution in [1.29, 1.82) is 0 Å². The normalized spacial score (nSPS) is 10.9. The van der Waals surface area contributed by atoms with Gasteiger partial charge in [-0.15, -0.1) is 0 Å². The molecule has 0 aliphatic rings. The third-order valence-electron chi connectivity index (χ3n) is 3.92. The predicted molar refractivity (Wildman–Crippen MR) is 92.4 cm³/mol. The van der Waals surface area contributed by atoms with E-state index in [0.29, 0.717) is 23.0 Å². The molecule has 0 spiro atoms. The molecule has 3 heterocycles. The van der Waals surface area contributed by atoms with Crippen molar-refractivity contribution < 1.29 is 18.4 Å². The van der Waals surface area contributed by atoms with Gasteiger partial charge in [-0.2, -0.15) is 0 Å². The number of furan rings is 2. The number of amides is 1. The van der Waals surface area contributed by atoms with Crippen LogP contribution in [0.25, 0.3) is 22.4 Å². The van der Waals surface area contributed by atoms with Crippen LogP contribution in [0.2, 0.25) is 0 Å². The number of methoxy groups -OCH3 is 1. The number of nitrogens with one attached hydrogen (secondary N) is 2. The zero-order valence-electron chi connectivity index (χ0n) is 13.5. The number of H-pyrrole nitrogens is 1. The van der Waals surface area contributed by atoms with Crippen molar-refractivity contribution in [3.05, 3.63) is 66.2 Å². The van der Waals surface area contributed by atoms with Gasteiger partial charge in [-0.1, -0.05) is 0 Å². The highest BCUT2D eigenvalue weighted by Gasteiger charge is 2.12. The summed E-state index contributed by atoms with van der Waals surface area (Å²) in [4.78, 5) is 15.4. The van der Waals surface area contributed by atoms with Gasteiger partial charge in [-0.3, -0.25) is 4.79 Å². The fourth-order valence-corrected chi connectivity index (χ4v) is 2.64. The molecule has 0 aliphatic heterocycles. The molecule has 4 aromatic rings. The maximum absolute atomic E-state index is 12.3. The van der Waals surface area contributed by atoms with Gasteiger partial charge in [0, 0.05) is 17.0 Å². The number of rotatable bonds is 5. The van der Waals surface area contributed by atoms with E-state index in [-0.39, 0.29) is 12.5 Å². The minimum Gasteiger partial charge on any atom is -0.497 e. The van der Waals surface area contributed by atoms with Gasteiger partial charge >= 0.3 is 0 Å². The van der Waals surface area contributed by atoms with E-state index in [4.69, 9.17) is 13.6 Å². The van der Waals surface area contributed by atoms with Crippen LogP contribution in [0.5, 0.6) is 5.75 Å². The highest BCUT2D eigenvalue weighted by molar-refractivity contribution is 5.98. The molecule has 0 fully saturated rings. The monoisotopic (exact) mass is 336 g/mol. The third kappa shape index (κ3) is 3.01. The molecule has 126 valence electrons. The lowest BCUT2D eigenvalue weighted by Gasteiger charge is -2.01. The zero-order chi connectivity index (χ0) is 17.2. The van der Waals surface area contributed by atoms with Gasteiger partial charge in [0.2, 0.25) is 0 Å². The standard InChI is InChI=1S/C19H16N2O4/c1-23-13-5-4-12-9-16(21-15(12)10-13)19(22)20-11-14-6-7-18(25-14)17-3-2-8-24-17/h2-10,21H,11H2,1H3,(H,20,22). The molecule has 0 radical (unpaired) electrons. The van der Waals surface area contributed by atoms with Crippen molar-refractivity contribution in [3.8, 4) is 17.3 Å². The number of fused-ring (bicyclic) bond motifs is 1. The lowest BCUT2D eigenvalue weighted by atomic mass is 10.2. The number of carbonyl (C=O) groups is 1. The molecular formula is C19H16N2O4. The molecule has 3 aromatic heterocycles. The van der Waals surface area contributed by atoms with E-state index in [2.05, 4.69) is 10.3 Å². The van der Waals surface area contributed by atoms with Crippen LogP contribution < -0.4 is 10.1 Å². The van der Waals surface area contributed by atoms with Crippen LogP contribution in [0, 0.1) is 0 Å². The second kappa shape index (κ2) is 6.24. The fourth-order valence-electron chi connectivity index (χ4n) is 2.64. The predicted octanol–water partition coefficient (Wildman–Crippen LogP) is 3.96. The van der Waals surface area contributed by atoms with Crippen molar-refractivity contribution in [3.63, 3.8) is 0 Å². The summed E-state index contributed by atoms with van der Waals surface area (Å²) in [7, 11) is 1.61. The number of aromatic nitrogens is 1. The minimum absolute atomic E-state index is 0.203. The second-order valence-electron chi connectivity index (χ2n) is 5.56. The Morgan fingerprint density at radius 1 is 1.16 bits per heavy atom. The van der Waals surface area contributed by atoms with Crippen LogP contribution in [0.4, 0.5) is 0 Å². The molecular weight excluding hydrogens is 320 g/mol. The first-order valence-corrected chi connectivity index (χ1v) is 7.80. The molecule has 4 rings (SSSR count). The van der Waals surface area contributed by atoms with Crippen molar-refractivity contribution >= 4 is 16.8 Å². The summed E-state index contributed by atoms with van der Waals surface area (Å²) in [6, 6.07) is 14.7. The summed E-state index contributed by atoms with van der Waals surface area (Å²) in [5.74, 6) is 2.47. The van der Waals surface area contributed by atoms with Gasteiger partial charge in [0.15, 0.2) is 11.5 Å². The summed E-state index contributed by atoms with van der Waals surface area (Å²) in [5.41, 5.74) is 1.34. The van der Waals surface area contributed by atoms with Crippen molar-refractivity contribution in [2.24, 2.45) is 0 Å². The first-order chi connectivity index (χ1) is 12.2. The molecule has 0 saturated carbocycles. The topological polar surface area (TPSA) is 80.4 Å². The van der Waals surface area contributed by atoms with Crippen LogP contribution >= 0.6 is 0 Å². The number of aromatic amines is 1. The maximum Gasteiger partial charge on any atom is 0.268 e. The summed E-state index contributed by atoms with van der Waals surface area (Å²) in [6.07, 6.45) is 1.59. The van der Waals surface area contributed by atoms with Gasteiger partial charge in [0.05, 0.1) is 19.9 Å². The highest BCUT2D eigenvalue weighted by Crippen LogP contribution is 2.23. The van der Waals surface area contributed by atoms with E-state index in [1.165, 1.54) is 0 Å². The van der Waals surface area contributed by atoms with Crippen molar-refractivity contribution in [2.45, 2.75) is 6.54 Å². The van der Waals surface area contributed by atoms with Crippen LogP contribution in [0.1, 0.15) is 16.2 Å². The Labute approximate surface area is 143 Å². The van der Waals surface area contributed by atoms with Crippen LogP contribution in [0.15, 0.2) is 63.6 Å². The summed E-state index contributed by atoms with van der Waals surface area (Å²) < 4.78 is 16.1. The molecule has 0 bridgehead atoms. The quantitative estimate of drug-likeness (QED) is 0.578. The Morgan fingerprint density at radius 3 is 2.88 bits per heavy atom. The fraction of sp³-hybridized carbons (Fsp3) is 0.105. The Kier molecular flexibility index (Phi) is 3.78. The molecule has 0 unspecified atom stereocenters. The summed E-state index contributed by atoms with van der Waals surface area (Å²) >= 11 is 0. The SMILES string of the molecule is COc1ccc2cc(C(=O)NCc3ccc(-c4ccco4)o3)[nH]c2c1. The molecule has 0 aliphatic carbocycles. The molecule has 25 heavy (non-hydrogen) atoms. The van der Waals surface area contributed by atoms with Gasteiger partial charge in [0.1, 0.15) is 17.2 Å². The van der Waals surface area contributed by atoms with E-state index in [0.717, 1.165) is 16.7 Å². The van der Waals surface area contributed by atoms with Gasteiger partial charge in [-0.05, 0) is 42.5 Å². The van der Waals surface area contributed by atoms with E-state index in [9.17, 15) is 4.79 Å². The van der Waals surface area contributed by atoms with Crippen molar-refractivity contribution in [2.75, 3.05) is 7.11 Å². The number of benzene rings is 1. The highest BCUT2D eigenvalue weighted by atomic mass is 16.5. The summed E-state index contributed by atoms with van der Waals surface area (Å²) in [5, 5.41) is 3.79. The maximum atomic E-state index is 12.3. The molecule has 1 amide bonds. The lowest BCUT2D eigenvalue weighted by Crippen LogP contribution is -2.22. The van der Waals surface area contributed by atoms with E-state index in [1.807, 2.05) is 36.4 Å². The van der Waals surface area contributed by atoms with Gasteiger partial charge < -0.3 is 23.9 Å². The van der Waals surface area contributed by atoms with Crippen LogP contribution in [0.3, 0.4) is 0 Å². The zero-order valence-corrected chi connectivity index (χ0v) is 13.5. The molecule has 6 nitrogen and oxygen atoms in total. The van der Waals surface area contributed by atoms with Gasteiger partial charge in [-0.25, -0.2) is 0 Å². The summed E-state index contributed by atoms with van der Waals surface area (Å²) in [6.45, 7) is 0.290. The Hall–Kier alpha value is -3.41. The lowest BCUT2D eigenvalue weighted by molar-refractivity contribution is 0.0944. The van der Waals surface area contributed by atoms with Gasteiger partial charge in [0.25, 0.3) is 5.91 Å². The minimum atomic E-state index is -0.203. The van der Waals surface area contributed by atoms with E-state index < -0.39 is 0 Å². The number of hydrogen-bond donors (Lipinski definition) is 2. The van der Waals surface area contributed by atoms with E-state index in [1.54, 1.807) is 25.5 Å². The van der Waals surface area contributed by atoms with Crippen LogP contribution in [-0.2, 0) is 6.54 Å². The Bertz CT molecular complexity index is 1010. The second-order valence-corrected chi connectivity index (χ2v) is 5.56. The number of ether oxygens (including phenoxy) is 1. The Morgan fingerprint density at radius 2 is 2.08 bits per heavy atom. The average molecular weight is 336 g/mol.